The Morgan fingerprint density at radius 1 is 1.18 bits per heavy atom. The molecule has 0 spiro atoms. The third kappa shape index (κ3) is 4.18. The van der Waals surface area contributed by atoms with Gasteiger partial charge in [0.05, 0.1) is 23.6 Å². The molecule has 2 heterocycles. The van der Waals surface area contributed by atoms with E-state index in [0.29, 0.717) is 21.5 Å². The van der Waals surface area contributed by atoms with Crippen molar-refractivity contribution in [1.29, 1.82) is 0 Å². The molecule has 170 valence electrons. The van der Waals surface area contributed by atoms with Gasteiger partial charge in [0.25, 0.3) is 0 Å². The molecule has 0 aliphatic rings. The molecule has 0 bridgehead atoms. The number of nitrogens with one attached hydrogen (secondary N) is 1. The topological polar surface area (TPSA) is 64.4 Å². The van der Waals surface area contributed by atoms with Gasteiger partial charge in [-0.1, -0.05) is 47.2 Å². The quantitative estimate of drug-likeness (QED) is 0.257. The van der Waals surface area contributed by atoms with E-state index in [2.05, 4.69) is 10.3 Å². The first-order valence-electron chi connectivity index (χ1n) is 10.6. The second kappa shape index (κ2) is 8.97. The van der Waals surface area contributed by atoms with Crippen LogP contribution in [0.1, 0.15) is 18.1 Å². The molecule has 0 saturated heterocycles. The third-order valence-corrected chi connectivity index (χ3v) is 6.86. The Labute approximate surface area is 205 Å². The van der Waals surface area contributed by atoms with Crippen molar-refractivity contribution in [2.75, 3.05) is 12.4 Å². The standard InChI is InChI=1S/C27H21ClN2O3S/c1-15-5-4-6-24-26(15)30-27(34-24)29-25(31)11-16(2)19-12-20-21(17-7-9-18(28)10-8-17)14-33-23(20)13-22(19)32-3/h4-14H,1-3H3,(H,29,30,31)/b16-11+. The van der Waals surface area contributed by atoms with Crippen molar-refractivity contribution >= 4 is 60.7 Å². The molecule has 34 heavy (non-hydrogen) atoms. The number of benzene rings is 3. The molecular weight excluding hydrogens is 468 g/mol. The van der Waals surface area contributed by atoms with Gasteiger partial charge in [-0.3, -0.25) is 10.1 Å². The Kier molecular flexibility index (Phi) is 5.86. The average molecular weight is 489 g/mol. The number of rotatable bonds is 5. The summed E-state index contributed by atoms with van der Waals surface area (Å²) in [6.45, 7) is 3.89. The number of thiazole rings is 1. The van der Waals surface area contributed by atoms with Gasteiger partial charge in [-0.2, -0.15) is 0 Å². The van der Waals surface area contributed by atoms with Crippen molar-refractivity contribution < 1.29 is 13.9 Å². The molecule has 0 unspecified atom stereocenters. The van der Waals surface area contributed by atoms with Gasteiger partial charge < -0.3 is 9.15 Å². The Balaban J connectivity index is 1.48. The molecule has 0 aliphatic carbocycles. The lowest BCUT2D eigenvalue weighted by atomic mass is 9.99. The van der Waals surface area contributed by atoms with Crippen molar-refractivity contribution in [2.24, 2.45) is 0 Å². The van der Waals surface area contributed by atoms with Crippen LogP contribution in [0.25, 0.3) is 37.9 Å². The normalized spacial score (nSPS) is 11.8. The Morgan fingerprint density at radius 2 is 1.97 bits per heavy atom. The molecule has 0 aliphatic heterocycles. The van der Waals surface area contributed by atoms with E-state index < -0.39 is 0 Å². The van der Waals surface area contributed by atoms with Crippen molar-refractivity contribution in [3.63, 3.8) is 0 Å². The molecule has 0 fully saturated rings. The van der Waals surface area contributed by atoms with Crippen LogP contribution in [0.2, 0.25) is 5.02 Å². The Hall–Kier alpha value is -3.61. The van der Waals surface area contributed by atoms with E-state index in [4.69, 9.17) is 20.8 Å². The van der Waals surface area contributed by atoms with Gasteiger partial charge in [0.15, 0.2) is 5.13 Å². The van der Waals surface area contributed by atoms with Crippen LogP contribution in [0.5, 0.6) is 5.75 Å². The number of para-hydroxylation sites is 1. The smallest absolute Gasteiger partial charge is 0.250 e. The average Bonchev–Trinajstić information content (AvgIpc) is 3.42. The van der Waals surface area contributed by atoms with Crippen molar-refractivity contribution in [1.82, 2.24) is 4.98 Å². The summed E-state index contributed by atoms with van der Waals surface area (Å²) in [6.07, 6.45) is 3.28. The van der Waals surface area contributed by atoms with Crippen LogP contribution in [-0.4, -0.2) is 18.0 Å². The zero-order chi connectivity index (χ0) is 23.8. The van der Waals surface area contributed by atoms with Crippen molar-refractivity contribution in [3.05, 3.63) is 83.1 Å². The molecule has 0 atom stereocenters. The van der Waals surface area contributed by atoms with Crippen LogP contribution in [0.4, 0.5) is 5.13 Å². The van der Waals surface area contributed by atoms with E-state index in [1.54, 1.807) is 19.4 Å². The van der Waals surface area contributed by atoms with Gasteiger partial charge in [-0.05, 0) is 54.8 Å². The number of ether oxygens (including phenoxy) is 1. The molecule has 3 aromatic carbocycles. The first-order valence-corrected chi connectivity index (χ1v) is 11.8. The summed E-state index contributed by atoms with van der Waals surface area (Å²) >= 11 is 7.50. The number of anilines is 1. The summed E-state index contributed by atoms with van der Waals surface area (Å²) < 4.78 is 12.4. The SMILES string of the molecule is COc1cc2occ(-c3ccc(Cl)cc3)c2cc1/C(C)=C/C(=O)Nc1nc2c(C)cccc2s1. The predicted octanol–water partition coefficient (Wildman–Crippen LogP) is 7.72. The maximum Gasteiger partial charge on any atom is 0.250 e. The lowest BCUT2D eigenvalue weighted by Gasteiger charge is -2.10. The fourth-order valence-corrected chi connectivity index (χ4v) is 5.01. The van der Waals surface area contributed by atoms with E-state index in [-0.39, 0.29) is 5.91 Å². The molecule has 5 nitrogen and oxygen atoms in total. The molecule has 5 rings (SSSR count). The Bertz CT molecular complexity index is 1560. The van der Waals surface area contributed by atoms with E-state index in [0.717, 1.165) is 43.4 Å². The van der Waals surface area contributed by atoms with E-state index in [1.807, 2.05) is 68.4 Å². The molecule has 5 aromatic rings. The highest BCUT2D eigenvalue weighted by Gasteiger charge is 2.15. The number of nitrogens with zero attached hydrogens (tertiary/aromatic N) is 1. The second-order valence-electron chi connectivity index (χ2n) is 7.96. The number of halogens is 1. The first-order chi connectivity index (χ1) is 16.4. The number of aryl methyl sites for hydroxylation is 1. The van der Waals surface area contributed by atoms with Crippen LogP contribution in [0.15, 0.2) is 71.4 Å². The maximum atomic E-state index is 12.8. The molecule has 2 aromatic heterocycles. The summed E-state index contributed by atoms with van der Waals surface area (Å²) in [7, 11) is 1.60. The van der Waals surface area contributed by atoms with E-state index >= 15 is 0 Å². The number of aromatic nitrogens is 1. The van der Waals surface area contributed by atoms with Crippen LogP contribution in [0.3, 0.4) is 0 Å². The lowest BCUT2D eigenvalue weighted by Crippen LogP contribution is -2.08. The minimum absolute atomic E-state index is 0.249. The summed E-state index contributed by atoms with van der Waals surface area (Å²) in [5, 5.41) is 5.06. The summed E-state index contributed by atoms with van der Waals surface area (Å²) in [5.41, 5.74) is 6.19. The highest BCUT2D eigenvalue weighted by Crippen LogP contribution is 2.37. The van der Waals surface area contributed by atoms with Crippen LogP contribution >= 0.6 is 22.9 Å². The first kappa shape index (κ1) is 22.2. The number of hydrogen-bond acceptors (Lipinski definition) is 5. The predicted molar refractivity (Wildman–Crippen MR) is 140 cm³/mol. The summed E-state index contributed by atoms with van der Waals surface area (Å²) in [6, 6.07) is 17.4. The number of amides is 1. The fraction of sp³-hybridized carbons (Fsp3) is 0.111. The Morgan fingerprint density at radius 3 is 2.71 bits per heavy atom. The van der Waals surface area contributed by atoms with Crippen LogP contribution in [0, 0.1) is 6.92 Å². The molecule has 0 saturated carbocycles. The van der Waals surface area contributed by atoms with Gasteiger partial charge in [0, 0.05) is 33.7 Å². The van der Waals surface area contributed by atoms with Crippen molar-refractivity contribution in [3.8, 4) is 16.9 Å². The van der Waals surface area contributed by atoms with Gasteiger partial charge >= 0.3 is 0 Å². The van der Waals surface area contributed by atoms with Crippen molar-refractivity contribution in [2.45, 2.75) is 13.8 Å². The zero-order valence-electron chi connectivity index (χ0n) is 18.8. The number of furan rings is 1. The number of carbonyl (C=O) groups is 1. The molecule has 0 radical (unpaired) electrons. The lowest BCUT2D eigenvalue weighted by molar-refractivity contribution is -0.111. The fourth-order valence-electron chi connectivity index (χ4n) is 3.94. The molecule has 1 N–H and O–H groups in total. The van der Waals surface area contributed by atoms with Gasteiger partial charge in [0.2, 0.25) is 5.91 Å². The highest BCUT2D eigenvalue weighted by atomic mass is 35.5. The number of methoxy groups -OCH3 is 1. The van der Waals surface area contributed by atoms with Gasteiger partial charge in [-0.15, -0.1) is 0 Å². The second-order valence-corrected chi connectivity index (χ2v) is 9.43. The van der Waals surface area contributed by atoms with Gasteiger partial charge in [0.1, 0.15) is 11.3 Å². The van der Waals surface area contributed by atoms with Crippen LogP contribution in [-0.2, 0) is 4.79 Å². The molecule has 7 heteroatoms. The number of hydrogen-bond donors (Lipinski definition) is 1. The number of allylic oxidation sites excluding steroid dienone is 1. The zero-order valence-corrected chi connectivity index (χ0v) is 20.4. The minimum Gasteiger partial charge on any atom is -0.496 e. The minimum atomic E-state index is -0.249. The molecular formula is C27H21ClN2O3S. The maximum absolute atomic E-state index is 12.8. The largest absolute Gasteiger partial charge is 0.496 e. The number of carbonyl (C=O) groups excluding carboxylic acids is 1. The van der Waals surface area contributed by atoms with E-state index in [9.17, 15) is 4.79 Å². The summed E-state index contributed by atoms with van der Waals surface area (Å²) in [4.78, 5) is 17.4. The number of fused-ring (bicyclic) bond motifs is 2. The van der Waals surface area contributed by atoms with Gasteiger partial charge in [-0.25, -0.2) is 4.98 Å². The van der Waals surface area contributed by atoms with E-state index in [1.165, 1.54) is 11.3 Å². The monoisotopic (exact) mass is 488 g/mol. The van der Waals surface area contributed by atoms with Crippen LogP contribution < -0.4 is 10.1 Å². The third-order valence-electron chi connectivity index (χ3n) is 5.67. The highest BCUT2D eigenvalue weighted by molar-refractivity contribution is 7.22. The summed E-state index contributed by atoms with van der Waals surface area (Å²) in [5.74, 6) is 0.378. The molecule has 1 amide bonds.